The van der Waals surface area contributed by atoms with Crippen LogP contribution in [0, 0.1) is 0 Å². The molecule has 4 atom stereocenters. The van der Waals surface area contributed by atoms with Crippen LogP contribution in [0.5, 0.6) is 0 Å². The number of hydrogen-bond donors (Lipinski definition) is 4. The second-order valence-electron chi connectivity index (χ2n) is 4.72. The van der Waals surface area contributed by atoms with E-state index in [0.29, 0.717) is 0 Å². The van der Waals surface area contributed by atoms with Crippen LogP contribution in [0.4, 0.5) is 0 Å². The van der Waals surface area contributed by atoms with Gasteiger partial charge in [-0.25, -0.2) is 9.59 Å². The molecule has 0 aromatic heterocycles. The maximum Gasteiger partial charge on any atom is 0.336 e. The van der Waals surface area contributed by atoms with Gasteiger partial charge in [0.1, 0.15) is 0 Å². The third kappa shape index (κ3) is 3.13. The zero-order chi connectivity index (χ0) is 16.1. The van der Waals surface area contributed by atoms with Crippen LogP contribution in [-0.2, 0) is 9.59 Å². The molecule has 0 fully saturated rings. The quantitative estimate of drug-likeness (QED) is 0.484. The Morgan fingerprint density at radius 3 is 1.25 bits per heavy atom. The molecule has 4 unspecified atom stereocenters. The highest BCUT2D eigenvalue weighted by Crippen LogP contribution is 2.28. The van der Waals surface area contributed by atoms with Gasteiger partial charge in [-0.2, -0.15) is 10.2 Å². The lowest BCUT2D eigenvalue weighted by atomic mass is 9.90. The summed E-state index contributed by atoms with van der Waals surface area (Å²) in [5.41, 5.74) is -3.85. The molecule has 0 saturated heterocycles. The van der Waals surface area contributed by atoms with Crippen molar-refractivity contribution in [3.05, 3.63) is 0 Å². The van der Waals surface area contributed by atoms with Crippen LogP contribution in [0.3, 0.4) is 0 Å². The van der Waals surface area contributed by atoms with Crippen molar-refractivity contribution in [1.29, 1.82) is 0 Å². The molecule has 20 heavy (non-hydrogen) atoms. The number of carbonyl (C=O) groups is 2. The minimum Gasteiger partial charge on any atom is -0.479 e. The predicted molar refractivity (Wildman–Crippen MR) is 69.5 cm³/mol. The van der Waals surface area contributed by atoms with Crippen LogP contribution < -0.4 is 0 Å². The van der Waals surface area contributed by atoms with Crippen molar-refractivity contribution in [2.75, 3.05) is 0 Å². The molecule has 0 aliphatic carbocycles. The first-order valence-corrected chi connectivity index (χ1v) is 6.37. The summed E-state index contributed by atoms with van der Waals surface area (Å²) >= 11 is 0. The number of aliphatic carboxylic acids is 2. The Morgan fingerprint density at radius 2 is 1.15 bits per heavy atom. The number of nitrogens with zero attached hydrogens (tertiary/aromatic N) is 2. The summed E-state index contributed by atoms with van der Waals surface area (Å²) in [4.78, 5) is 22.6. The molecule has 0 rings (SSSR count). The van der Waals surface area contributed by atoms with Gasteiger partial charge in [0.2, 0.25) is 11.1 Å². The molecule has 0 heterocycles. The van der Waals surface area contributed by atoms with Gasteiger partial charge in [-0.15, -0.1) is 0 Å². The first-order chi connectivity index (χ1) is 9.10. The van der Waals surface area contributed by atoms with E-state index in [4.69, 9.17) is 0 Å². The van der Waals surface area contributed by atoms with Crippen molar-refractivity contribution in [1.82, 2.24) is 0 Å². The number of rotatable bonds is 8. The summed E-state index contributed by atoms with van der Waals surface area (Å²) in [5, 5.41) is 44.9. The maximum atomic E-state index is 11.3. The van der Waals surface area contributed by atoms with Crippen LogP contribution in [0.2, 0.25) is 0 Å². The van der Waals surface area contributed by atoms with E-state index in [0.717, 1.165) is 0 Å². The lowest BCUT2D eigenvalue weighted by Crippen LogP contribution is -2.49. The Kier molecular flexibility index (Phi) is 6.24. The number of azo groups is 1. The number of carboxylic acids is 2. The van der Waals surface area contributed by atoms with E-state index in [9.17, 15) is 30.0 Å². The fourth-order valence-electron chi connectivity index (χ4n) is 1.82. The maximum absolute atomic E-state index is 11.3. The Morgan fingerprint density at radius 1 is 0.900 bits per heavy atom. The van der Waals surface area contributed by atoms with Crippen LogP contribution in [-0.4, -0.2) is 55.7 Å². The lowest BCUT2D eigenvalue weighted by molar-refractivity contribution is -0.151. The molecule has 0 aromatic carbocycles. The number of aliphatic hydroxyl groups is 2. The molecular formula is C12H22N2O6. The molecule has 0 spiro atoms. The van der Waals surface area contributed by atoms with Crippen molar-refractivity contribution in [2.45, 2.75) is 63.8 Å². The van der Waals surface area contributed by atoms with Crippen LogP contribution in [0.25, 0.3) is 0 Å². The summed E-state index contributed by atoms with van der Waals surface area (Å²) in [7, 11) is 0. The molecule has 0 aliphatic heterocycles. The second kappa shape index (κ2) is 6.76. The largest absolute Gasteiger partial charge is 0.479 e. The number of aliphatic hydroxyl groups excluding tert-OH is 2. The van der Waals surface area contributed by atoms with Crippen molar-refractivity contribution in [2.24, 2.45) is 10.2 Å². The molecule has 0 saturated carbocycles. The summed E-state index contributed by atoms with van der Waals surface area (Å²) in [6.45, 7) is 5.48. The Balaban J connectivity index is 5.82. The number of hydrogen-bond acceptors (Lipinski definition) is 6. The van der Waals surface area contributed by atoms with E-state index < -0.39 is 35.2 Å². The highest BCUT2D eigenvalue weighted by atomic mass is 16.4. The minimum atomic E-state index is -1.93. The van der Waals surface area contributed by atoms with Gasteiger partial charge in [0, 0.05) is 0 Å². The van der Waals surface area contributed by atoms with Crippen LogP contribution >= 0.6 is 0 Å². The van der Waals surface area contributed by atoms with E-state index in [-0.39, 0.29) is 12.8 Å². The SMILES string of the molecule is CCC(N=NC(CC)(C(=O)O)C(C)O)(C(=O)O)C(C)O. The summed E-state index contributed by atoms with van der Waals surface area (Å²) in [5.74, 6) is -2.81. The van der Waals surface area contributed by atoms with Gasteiger partial charge in [0.05, 0.1) is 12.2 Å². The minimum absolute atomic E-state index is 0.0667. The van der Waals surface area contributed by atoms with E-state index in [1.165, 1.54) is 27.7 Å². The summed E-state index contributed by atoms with van der Waals surface area (Å²) < 4.78 is 0. The fraction of sp³-hybridized carbons (Fsp3) is 0.833. The summed E-state index contributed by atoms with van der Waals surface area (Å²) in [6, 6.07) is 0. The van der Waals surface area contributed by atoms with Gasteiger partial charge >= 0.3 is 11.9 Å². The van der Waals surface area contributed by atoms with Gasteiger partial charge in [-0.1, -0.05) is 13.8 Å². The molecule has 116 valence electrons. The molecule has 0 aliphatic rings. The first kappa shape index (κ1) is 18.5. The van der Waals surface area contributed by atoms with Gasteiger partial charge in [-0.05, 0) is 26.7 Å². The third-order valence-corrected chi connectivity index (χ3v) is 3.61. The van der Waals surface area contributed by atoms with E-state index in [1.54, 1.807) is 0 Å². The molecule has 4 N–H and O–H groups in total. The number of carboxylic acid groups (broad SMARTS) is 2. The molecule has 8 nitrogen and oxygen atoms in total. The van der Waals surface area contributed by atoms with Crippen molar-refractivity contribution < 1.29 is 30.0 Å². The Labute approximate surface area is 117 Å². The molecule has 0 bridgehead atoms. The van der Waals surface area contributed by atoms with E-state index >= 15 is 0 Å². The molecular weight excluding hydrogens is 268 g/mol. The predicted octanol–water partition coefficient (Wildman–Crippen LogP) is 0.667. The molecule has 8 heteroatoms. The standard InChI is InChI=1S/C12H22N2O6/c1-5-11(7(3)15,9(17)18)13-14-12(6-2,8(4)16)10(19)20/h7-8,15-16H,5-6H2,1-4H3,(H,17,18)(H,19,20). The van der Waals surface area contributed by atoms with Gasteiger partial charge in [-0.3, -0.25) is 0 Å². The molecule has 0 aromatic rings. The van der Waals surface area contributed by atoms with Gasteiger partial charge in [0.15, 0.2) is 0 Å². The molecule has 0 amide bonds. The lowest BCUT2D eigenvalue weighted by Gasteiger charge is -2.30. The monoisotopic (exact) mass is 290 g/mol. The zero-order valence-electron chi connectivity index (χ0n) is 12.1. The Bertz CT molecular complexity index is 359. The van der Waals surface area contributed by atoms with Gasteiger partial charge in [0.25, 0.3) is 0 Å². The average molecular weight is 290 g/mol. The van der Waals surface area contributed by atoms with Gasteiger partial charge < -0.3 is 20.4 Å². The zero-order valence-corrected chi connectivity index (χ0v) is 12.1. The van der Waals surface area contributed by atoms with E-state index in [2.05, 4.69) is 10.2 Å². The van der Waals surface area contributed by atoms with Crippen LogP contribution in [0.15, 0.2) is 10.2 Å². The third-order valence-electron chi connectivity index (χ3n) is 3.61. The highest BCUT2D eigenvalue weighted by molar-refractivity contribution is 5.81. The topological polar surface area (TPSA) is 140 Å². The average Bonchev–Trinajstić information content (AvgIpc) is 2.33. The highest BCUT2D eigenvalue weighted by Gasteiger charge is 2.47. The summed E-state index contributed by atoms with van der Waals surface area (Å²) in [6.07, 6.45) is -2.84. The van der Waals surface area contributed by atoms with Crippen molar-refractivity contribution in [3.8, 4) is 0 Å². The first-order valence-electron chi connectivity index (χ1n) is 6.37. The second-order valence-corrected chi connectivity index (χ2v) is 4.72. The van der Waals surface area contributed by atoms with Crippen molar-refractivity contribution >= 4 is 11.9 Å². The van der Waals surface area contributed by atoms with Crippen LogP contribution in [0.1, 0.15) is 40.5 Å². The van der Waals surface area contributed by atoms with E-state index in [1.807, 2.05) is 0 Å². The normalized spacial score (nSPS) is 20.9. The fourth-order valence-corrected chi connectivity index (χ4v) is 1.82. The smallest absolute Gasteiger partial charge is 0.336 e. The molecule has 0 radical (unpaired) electrons. The Hall–Kier alpha value is -1.54. The van der Waals surface area contributed by atoms with Crippen molar-refractivity contribution in [3.63, 3.8) is 0 Å².